The fourth-order valence-electron chi connectivity index (χ4n) is 10.3. The SMILES string of the molecule is c1ccc(-c2ccc(-c3c4ccccc4c(-c4cccc5c4cc(-c4ccc6oc7ccc8ccccc8c7c6c4)c4c6ccccc6ccc54)c4ccccc34)cc2)cc1. The van der Waals surface area contributed by atoms with Gasteiger partial charge in [-0.3, -0.25) is 0 Å². The summed E-state index contributed by atoms with van der Waals surface area (Å²) in [7, 11) is 0. The molecule has 1 nitrogen and oxygen atoms in total. The molecule has 0 saturated carbocycles. The summed E-state index contributed by atoms with van der Waals surface area (Å²) in [5.74, 6) is 0. The van der Waals surface area contributed by atoms with Crippen LogP contribution in [0.3, 0.4) is 0 Å². The third-order valence-electron chi connectivity index (χ3n) is 13.0. The molecule has 0 aliphatic carbocycles. The zero-order valence-electron chi connectivity index (χ0n) is 33.2. The van der Waals surface area contributed by atoms with Gasteiger partial charge in [0.1, 0.15) is 11.2 Å². The summed E-state index contributed by atoms with van der Waals surface area (Å²) in [5.41, 5.74) is 11.6. The molecular formula is C60H36O. The van der Waals surface area contributed by atoms with Gasteiger partial charge in [-0.15, -0.1) is 0 Å². The Hall–Kier alpha value is -8.00. The van der Waals surface area contributed by atoms with Crippen molar-refractivity contribution < 1.29 is 4.42 Å². The van der Waals surface area contributed by atoms with Crippen molar-refractivity contribution in [2.75, 3.05) is 0 Å². The monoisotopic (exact) mass is 772 g/mol. The Balaban J connectivity index is 1.11. The number of furan rings is 1. The van der Waals surface area contributed by atoms with E-state index in [1.807, 2.05) is 0 Å². The summed E-state index contributed by atoms with van der Waals surface area (Å²) in [6, 6.07) is 80.2. The van der Waals surface area contributed by atoms with Gasteiger partial charge in [-0.1, -0.05) is 194 Å². The van der Waals surface area contributed by atoms with Crippen molar-refractivity contribution in [1.82, 2.24) is 0 Å². The minimum atomic E-state index is 0.901. The zero-order chi connectivity index (χ0) is 40.0. The van der Waals surface area contributed by atoms with Gasteiger partial charge in [-0.2, -0.15) is 0 Å². The van der Waals surface area contributed by atoms with Crippen LogP contribution in [0.2, 0.25) is 0 Å². The lowest BCUT2D eigenvalue weighted by atomic mass is 9.83. The van der Waals surface area contributed by atoms with E-state index in [1.54, 1.807) is 0 Å². The predicted octanol–water partition coefficient (Wildman–Crippen LogP) is 17.2. The van der Waals surface area contributed by atoms with E-state index >= 15 is 0 Å². The van der Waals surface area contributed by atoms with Gasteiger partial charge in [0, 0.05) is 10.8 Å². The Kier molecular flexibility index (Phi) is 7.37. The van der Waals surface area contributed by atoms with Gasteiger partial charge in [0.15, 0.2) is 0 Å². The molecule has 0 unspecified atom stereocenters. The molecule has 0 bridgehead atoms. The highest BCUT2D eigenvalue weighted by atomic mass is 16.3. The molecule has 282 valence electrons. The first-order valence-corrected chi connectivity index (χ1v) is 21.1. The smallest absolute Gasteiger partial charge is 0.136 e. The largest absolute Gasteiger partial charge is 0.456 e. The molecule has 0 saturated heterocycles. The fourth-order valence-corrected chi connectivity index (χ4v) is 10.3. The number of rotatable bonds is 4. The number of fused-ring (bicyclic) bond motifs is 12. The summed E-state index contributed by atoms with van der Waals surface area (Å²) in [6.07, 6.45) is 0. The van der Waals surface area contributed by atoms with E-state index in [-0.39, 0.29) is 0 Å². The highest BCUT2D eigenvalue weighted by Gasteiger charge is 2.21. The van der Waals surface area contributed by atoms with Crippen LogP contribution in [-0.2, 0) is 0 Å². The molecule has 0 aliphatic rings. The molecule has 61 heavy (non-hydrogen) atoms. The van der Waals surface area contributed by atoms with E-state index in [2.05, 4.69) is 218 Å². The first-order chi connectivity index (χ1) is 30.3. The highest BCUT2D eigenvalue weighted by Crippen LogP contribution is 2.48. The molecule has 0 radical (unpaired) electrons. The third kappa shape index (κ3) is 5.14. The lowest BCUT2D eigenvalue weighted by molar-refractivity contribution is 0.669. The lowest BCUT2D eigenvalue weighted by Gasteiger charge is -2.20. The third-order valence-corrected chi connectivity index (χ3v) is 13.0. The second-order valence-electron chi connectivity index (χ2n) is 16.3. The molecule has 1 heterocycles. The van der Waals surface area contributed by atoms with Gasteiger partial charge in [-0.25, -0.2) is 0 Å². The van der Waals surface area contributed by atoms with Gasteiger partial charge in [0.05, 0.1) is 0 Å². The topological polar surface area (TPSA) is 13.1 Å². The minimum Gasteiger partial charge on any atom is -0.456 e. The van der Waals surface area contributed by atoms with Crippen LogP contribution in [0.25, 0.3) is 131 Å². The molecule has 0 fully saturated rings. The van der Waals surface area contributed by atoms with Crippen molar-refractivity contribution in [1.29, 1.82) is 0 Å². The summed E-state index contributed by atoms with van der Waals surface area (Å²) >= 11 is 0. The van der Waals surface area contributed by atoms with Gasteiger partial charge >= 0.3 is 0 Å². The van der Waals surface area contributed by atoms with Crippen molar-refractivity contribution >= 4 is 86.6 Å². The van der Waals surface area contributed by atoms with E-state index in [1.165, 1.54) is 115 Å². The van der Waals surface area contributed by atoms with Crippen LogP contribution in [0.4, 0.5) is 0 Å². The predicted molar refractivity (Wildman–Crippen MR) is 260 cm³/mol. The molecule has 0 aliphatic heterocycles. The van der Waals surface area contributed by atoms with Crippen molar-refractivity contribution in [2.24, 2.45) is 0 Å². The minimum absolute atomic E-state index is 0.901. The quantitative estimate of drug-likeness (QED) is 0.128. The van der Waals surface area contributed by atoms with Crippen LogP contribution in [0.1, 0.15) is 0 Å². The van der Waals surface area contributed by atoms with E-state index in [9.17, 15) is 0 Å². The van der Waals surface area contributed by atoms with Crippen LogP contribution < -0.4 is 0 Å². The average molecular weight is 773 g/mol. The standard InChI is InChI=1S/C60H36O/c1-2-13-37(14-3-1)38-25-27-41(28-26-38)57-46-19-8-10-21-48(46)59(49-22-11-9-20-47(49)57)50-24-12-23-45-51-32-29-39-15-4-6-17-43(39)58(51)52(36-53(45)50)42-31-33-55-54(35-42)60-44-18-7-5-16-40(44)30-34-56(60)61-55/h1-36H. The second kappa shape index (κ2) is 13.3. The molecule has 12 aromatic carbocycles. The summed E-state index contributed by atoms with van der Waals surface area (Å²) in [5, 5.41) is 17.2. The maximum atomic E-state index is 6.51. The van der Waals surface area contributed by atoms with Gasteiger partial charge in [0.25, 0.3) is 0 Å². The van der Waals surface area contributed by atoms with Crippen LogP contribution >= 0.6 is 0 Å². The molecule has 0 N–H and O–H groups in total. The van der Waals surface area contributed by atoms with E-state index < -0.39 is 0 Å². The molecule has 13 rings (SSSR count). The summed E-state index contributed by atoms with van der Waals surface area (Å²) in [4.78, 5) is 0. The molecule has 1 aromatic heterocycles. The Morgan fingerprint density at radius 3 is 1.46 bits per heavy atom. The molecule has 0 atom stereocenters. The number of hydrogen-bond donors (Lipinski definition) is 0. The average Bonchev–Trinajstić information content (AvgIpc) is 3.72. The Morgan fingerprint density at radius 2 is 0.754 bits per heavy atom. The number of benzene rings is 12. The number of hydrogen-bond acceptors (Lipinski definition) is 1. The van der Waals surface area contributed by atoms with Crippen molar-refractivity contribution in [3.05, 3.63) is 218 Å². The first kappa shape index (κ1) is 33.9. The van der Waals surface area contributed by atoms with Crippen LogP contribution in [0, 0.1) is 0 Å². The van der Waals surface area contributed by atoms with Gasteiger partial charge < -0.3 is 4.42 Å². The van der Waals surface area contributed by atoms with E-state index in [0.29, 0.717) is 0 Å². The van der Waals surface area contributed by atoms with Crippen molar-refractivity contribution in [2.45, 2.75) is 0 Å². The molecule has 0 spiro atoms. The van der Waals surface area contributed by atoms with Crippen LogP contribution in [-0.4, -0.2) is 0 Å². The summed E-state index contributed by atoms with van der Waals surface area (Å²) in [6.45, 7) is 0. The fraction of sp³-hybridized carbons (Fsp3) is 0. The van der Waals surface area contributed by atoms with Gasteiger partial charge in [0.2, 0.25) is 0 Å². The highest BCUT2D eigenvalue weighted by molar-refractivity contribution is 6.29. The first-order valence-electron chi connectivity index (χ1n) is 21.1. The maximum absolute atomic E-state index is 6.51. The van der Waals surface area contributed by atoms with E-state index in [0.717, 1.165) is 16.6 Å². The van der Waals surface area contributed by atoms with Crippen molar-refractivity contribution in [3.63, 3.8) is 0 Å². The molecule has 13 aromatic rings. The molecule has 0 amide bonds. The normalized spacial score (nSPS) is 11.9. The Morgan fingerprint density at radius 1 is 0.230 bits per heavy atom. The maximum Gasteiger partial charge on any atom is 0.136 e. The molecule has 1 heteroatoms. The van der Waals surface area contributed by atoms with Crippen molar-refractivity contribution in [3.8, 4) is 44.5 Å². The second-order valence-corrected chi connectivity index (χ2v) is 16.3. The Labute approximate surface area is 352 Å². The zero-order valence-corrected chi connectivity index (χ0v) is 33.2. The lowest BCUT2D eigenvalue weighted by Crippen LogP contribution is -1.93. The van der Waals surface area contributed by atoms with E-state index in [4.69, 9.17) is 4.42 Å². The Bertz CT molecular complexity index is 3850. The van der Waals surface area contributed by atoms with Crippen LogP contribution in [0.15, 0.2) is 223 Å². The van der Waals surface area contributed by atoms with Gasteiger partial charge in [-0.05, 0) is 133 Å². The summed E-state index contributed by atoms with van der Waals surface area (Å²) < 4.78 is 6.51. The molecular weight excluding hydrogens is 737 g/mol. The van der Waals surface area contributed by atoms with Crippen LogP contribution in [0.5, 0.6) is 0 Å².